The minimum Gasteiger partial charge on any atom is -0.460 e. The minimum atomic E-state index is -1.37. The van der Waals surface area contributed by atoms with Crippen molar-refractivity contribution in [1.82, 2.24) is 0 Å². The lowest BCUT2D eigenvalue weighted by Crippen LogP contribution is -2.22. The monoisotopic (exact) mass is 600 g/mol. The molecule has 0 aliphatic carbocycles. The number of benzene rings is 3. The number of aliphatic hydroxyl groups is 1. The average molecular weight is 601 g/mol. The van der Waals surface area contributed by atoms with Crippen molar-refractivity contribution in [3.8, 4) is 0 Å². The number of aliphatic hydroxyl groups excluding tert-OH is 1. The summed E-state index contributed by atoms with van der Waals surface area (Å²) in [6.07, 6.45) is 5.21. The van der Waals surface area contributed by atoms with Gasteiger partial charge < -0.3 is 9.84 Å². The van der Waals surface area contributed by atoms with Crippen molar-refractivity contribution in [3.05, 3.63) is 107 Å². The normalized spacial score (nSPS) is 13.6. The van der Waals surface area contributed by atoms with Gasteiger partial charge in [-0.3, -0.25) is 9.59 Å². The van der Waals surface area contributed by atoms with Gasteiger partial charge in [-0.15, -0.1) is 0 Å². The van der Waals surface area contributed by atoms with E-state index in [4.69, 9.17) is 4.74 Å². The van der Waals surface area contributed by atoms with Gasteiger partial charge in [-0.25, -0.2) is 4.79 Å². The Kier molecular flexibility index (Phi) is 13.0. The Morgan fingerprint density at radius 2 is 1.37 bits per heavy atom. The predicted molar refractivity (Wildman–Crippen MR) is 177 cm³/mol. The Bertz CT molecular complexity index is 1370. The summed E-state index contributed by atoms with van der Waals surface area (Å²) in [5.74, 6) is -0.0977. The number of rotatable bonds is 15. The molecule has 0 amide bonds. The number of ether oxygens (including phenoxy) is 1. The Labute approximate surface area is 258 Å². The van der Waals surface area contributed by atoms with E-state index in [1.165, 1.54) is 6.08 Å². The third-order valence-electron chi connectivity index (χ3n) is 8.07. The van der Waals surface area contributed by atoms with Gasteiger partial charge in [-0.1, -0.05) is 100 Å². The van der Waals surface area contributed by atoms with Crippen molar-refractivity contribution in [2.45, 2.75) is 73.3 Å². The lowest BCUT2D eigenvalue weighted by atomic mass is 9.88. The van der Waals surface area contributed by atoms with Crippen LogP contribution in [-0.2, 0) is 9.53 Å². The smallest absolute Gasteiger partial charge is 0.330 e. The molecular formula is C37H45O5P. The molecule has 3 rings (SSSR count). The Morgan fingerprint density at radius 3 is 1.91 bits per heavy atom. The first-order valence-electron chi connectivity index (χ1n) is 15.2. The fourth-order valence-corrected chi connectivity index (χ4v) is 7.89. The first kappa shape index (κ1) is 34.1. The van der Waals surface area contributed by atoms with Gasteiger partial charge in [0.15, 0.2) is 11.3 Å². The number of carbonyl (C=O) groups is 3. The molecule has 0 radical (unpaired) electrons. The maximum absolute atomic E-state index is 14.3. The van der Waals surface area contributed by atoms with E-state index in [1.807, 2.05) is 80.6 Å². The number of ketones is 1. The van der Waals surface area contributed by atoms with Crippen LogP contribution in [-0.4, -0.2) is 35.1 Å². The largest absolute Gasteiger partial charge is 0.460 e. The van der Waals surface area contributed by atoms with Gasteiger partial charge in [0.1, 0.15) is 6.61 Å². The second kappa shape index (κ2) is 16.4. The van der Waals surface area contributed by atoms with Gasteiger partial charge in [0, 0.05) is 25.1 Å². The zero-order valence-corrected chi connectivity index (χ0v) is 27.2. The second-order valence-corrected chi connectivity index (χ2v) is 13.5. The van der Waals surface area contributed by atoms with Crippen molar-refractivity contribution in [2.75, 3.05) is 6.61 Å². The Balaban J connectivity index is 1.79. The fourth-order valence-electron chi connectivity index (χ4n) is 5.61. The van der Waals surface area contributed by atoms with Crippen molar-refractivity contribution in [1.29, 1.82) is 0 Å². The summed E-state index contributed by atoms with van der Waals surface area (Å²) >= 11 is 0. The maximum atomic E-state index is 14.3. The van der Waals surface area contributed by atoms with E-state index in [9.17, 15) is 19.5 Å². The third kappa shape index (κ3) is 9.29. The minimum absolute atomic E-state index is 0.0208. The highest BCUT2D eigenvalue weighted by Gasteiger charge is 2.28. The standard InChI is InChI=1S/C37H45O5P/c1-7-25(3)21-29(8-2)23-30(38)24-42-34(40)20-19-33(39)35-26(4)22-27(5)36(28(35)6)37(41)43(31-15-11-9-12-16-31)32-17-13-10-14-18-32/h9-20,22,25,29-30,38H,7-8,21,23-24H2,1-6H3/b20-19-. The molecule has 0 fully saturated rings. The lowest BCUT2D eigenvalue weighted by molar-refractivity contribution is -0.141. The molecule has 3 aromatic carbocycles. The molecule has 0 aromatic heterocycles. The number of hydrogen-bond acceptors (Lipinski definition) is 5. The van der Waals surface area contributed by atoms with E-state index in [0.29, 0.717) is 34.9 Å². The molecule has 1 N–H and O–H groups in total. The fraction of sp³-hybridized carbons (Fsp3) is 0.378. The van der Waals surface area contributed by atoms with Gasteiger partial charge in [0.05, 0.1) is 6.10 Å². The number of allylic oxidation sites excluding steroid dienone is 1. The van der Waals surface area contributed by atoms with Crippen LogP contribution in [0.5, 0.6) is 0 Å². The first-order chi connectivity index (χ1) is 20.6. The molecule has 228 valence electrons. The molecule has 0 saturated heterocycles. The molecule has 43 heavy (non-hydrogen) atoms. The molecule has 0 aliphatic rings. The molecular weight excluding hydrogens is 555 g/mol. The van der Waals surface area contributed by atoms with Gasteiger partial charge in [-0.05, 0) is 78.8 Å². The molecule has 3 atom stereocenters. The van der Waals surface area contributed by atoms with E-state index >= 15 is 0 Å². The molecule has 0 bridgehead atoms. The highest BCUT2D eigenvalue weighted by Crippen LogP contribution is 2.40. The maximum Gasteiger partial charge on any atom is 0.330 e. The number of aryl methyl sites for hydroxylation is 2. The van der Waals surface area contributed by atoms with Crippen LogP contribution in [0.4, 0.5) is 0 Å². The van der Waals surface area contributed by atoms with Gasteiger partial charge in [0.2, 0.25) is 0 Å². The zero-order chi connectivity index (χ0) is 31.5. The summed E-state index contributed by atoms with van der Waals surface area (Å²) < 4.78 is 5.26. The molecule has 0 heterocycles. The predicted octanol–water partition coefficient (Wildman–Crippen LogP) is 7.38. The van der Waals surface area contributed by atoms with Gasteiger partial charge >= 0.3 is 5.97 Å². The molecule has 0 aliphatic heterocycles. The lowest BCUT2D eigenvalue weighted by Gasteiger charge is -2.21. The molecule has 5 nitrogen and oxygen atoms in total. The summed E-state index contributed by atoms with van der Waals surface area (Å²) in [7, 11) is -1.37. The van der Waals surface area contributed by atoms with Gasteiger partial charge in [0.25, 0.3) is 0 Å². The Hall–Kier alpha value is -3.40. The average Bonchev–Trinajstić information content (AvgIpc) is 2.99. The van der Waals surface area contributed by atoms with Crippen molar-refractivity contribution < 1.29 is 24.2 Å². The highest BCUT2D eigenvalue weighted by molar-refractivity contribution is 7.88. The molecule has 6 heteroatoms. The quantitative estimate of drug-likeness (QED) is 0.0852. The van der Waals surface area contributed by atoms with Crippen molar-refractivity contribution in [3.63, 3.8) is 0 Å². The van der Waals surface area contributed by atoms with E-state index in [-0.39, 0.29) is 17.9 Å². The Morgan fingerprint density at radius 1 is 0.814 bits per heavy atom. The van der Waals surface area contributed by atoms with E-state index in [2.05, 4.69) is 20.8 Å². The highest BCUT2D eigenvalue weighted by atomic mass is 31.1. The van der Waals surface area contributed by atoms with Crippen LogP contribution in [0.25, 0.3) is 0 Å². The molecule has 3 unspecified atom stereocenters. The molecule has 3 aromatic rings. The SMILES string of the molecule is CCC(C)CC(CC)CC(O)COC(=O)/C=C\C(=O)c1c(C)cc(C)c(C(=O)P(c2ccccc2)c2ccccc2)c1C. The number of hydrogen-bond donors (Lipinski definition) is 1. The van der Waals surface area contributed by atoms with Crippen LogP contribution in [0.2, 0.25) is 0 Å². The van der Waals surface area contributed by atoms with Crippen molar-refractivity contribution in [2.24, 2.45) is 11.8 Å². The second-order valence-electron chi connectivity index (χ2n) is 11.4. The van der Waals surface area contributed by atoms with Crippen LogP contribution in [0.1, 0.15) is 83.9 Å². The van der Waals surface area contributed by atoms with Crippen molar-refractivity contribution >= 4 is 35.8 Å². The summed E-state index contributed by atoms with van der Waals surface area (Å²) in [6, 6.07) is 21.3. The topological polar surface area (TPSA) is 80.7 Å². The van der Waals surface area contributed by atoms with E-state index in [1.54, 1.807) is 6.92 Å². The van der Waals surface area contributed by atoms with Crippen LogP contribution < -0.4 is 10.6 Å². The summed E-state index contributed by atoms with van der Waals surface area (Å²) in [6.45, 7) is 11.9. The van der Waals surface area contributed by atoms with Crippen LogP contribution in [0.15, 0.2) is 78.9 Å². The third-order valence-corrected chi connectivity index (χ3v) is 10.3. The zero-order valence-electron chi connectivity index (χ0n) is 26.3. The van der Waals surface area contributed by atoms with Gasteiger partial charge in [-0.2, -0.15) is 0 Å². The molecule has 0 spiro atoms. The van der Waals surface area contributed by atoms with Crippen LogP contribution >= 0.6 is 7.92 Å². The number of esters is 1. The summed E-state index contributed by atoms with van der Waals surface area (Å²) in [5, 5.41) is 12.3. The van der Waals surface area contributed by atoms with Crippen LogP contribution in [0.3, 0.4) is 0 Å². The summed E-state index contributed by atoms with van der Waals surface area (Å²) in [5.41, 5.74) is 3.08. The number of carbonyl (C=O) groups excluding carboxylic acids is 3. The first-order valence-corrected chi connectivity index (χ1v) is 16.5. The van der Waals surface area contributed by atoms with E-state index in [0.717, 1.165) is 47.1 Å². The van der Waals surface area contributed by atoms with Crippen LogP contribution in [0, 0.1) is 32.6 Å². The van der Waals surface area contributed by atoms with E-state index < -0.39 is 20.0 Å². The molecule has 0 saturated carbocycles. The summed E-state index contributed by atoms with van der Waals surface area (Å²) in [4.78, 5) is 40.1.